The minimum absolute atomic E-state index is 0.501. The molecule has 0 fully saturated rings. The number of halogens is 1. The molecule has 0 saturated heterocycles. The molecule has 5 nitrogen and oxygen atoms in total. The smallest absolute Gasteiger partial charge is 0.238 e. The van der Waals surface area contributed by atoms with E-state index in [2.05, 4.69) is 56.9 Å². The molecule has 0 spiro atoms. The Bertz CT molecular complexity index is 797. The van der Waals surface area contributed by atoms with Crippen LogP contribution in [0.5, 0.6) is 5.88 Å². The Hall–Kier alpha value is -1.95. The minimum atomic E-state index is 0.501. The molecule has 0 aliphatic rings. The maximum atomic E-state index is 5.21. The molecule has 3 aromatic rings. The largest absolute Gasteiger partial charge is 0.480 e. The lowest BCUT2D eigenvalue weighted by Gasteiger charge is -2.07. The van der Waals surface area contributed by atoms with Crippen molar-refractivity contribution in [3.05, 3.63) is 40.3 Å². The van der Waals surface area contributed by atoms with Gasteiger partial charge in [0.1, 0.15) is 6.33 Å². The molecule has 20 heavy (non-hydrogen) atoms. The summed E-state index contributed by atoms with van der Waals surface area (Å²) < 4.78 is 7.79. The Morgan fingerprint density at radius 3 is 2.65 bits per heavy atom. The highest BCUT2D eigenvalue weighted by molar-refractivity contribution is 9.10. The van der Waals surface area contributed by atoms with E-state index in [0.717, 1.165) is 15.5 Å². The fourth-order valence-corrected chi connectivity index (χ4v) is 2.38. The van der Waals surface area contributed by atoms with E-state index in [1.165, 1.54) is 11.1 Å². The monoisotopic (exact) mass is 332 g/mol. The van der Waals surface area contributed by atoms with Crippen molar-refractivity contribution in [2.24, 2.45) is 0 Å². The predicted octanol–water partition coefficient (Wildman–Crippen LogP) is 3.20. The Morgan fingerprint density at radius 1 is 1.15 bits per heavy atom. The first-order valence-corrected chi connectivity index (χ1v) is 6.90. The van der Waals surface area contributed by atoms with Crippen LogP contribution >= 0.6 is 15.9 Å². The van der Waals surface area contributed by atoms with Gasteiger partial charge in [0.05, 0.1) is 28.8 Å². The molecule has 0 unspecified atom stereocenters. The molecule has 0 aliphatic carbocycles. The average molecular weight is 333 g/mol. The summed E-state index contributed by atoms with van der Waals surface area (Å²) in [6, 6.07) is 4.16. The Labute approximate surface area is 124 Å². The average Bonchev–Trinajstić information content (AvgIpc) is 2.83. The van der Waals surface area contributed by atoms with Gasteiger partial charge in [-0.05, 0) is 53.0 Å². The van der Waals surface area contributed by atoms with E-state index in [1.807, 2.05) is 4.57 Å². The first-order valence-electron chi connectivity index (χ1n) is 6.11. The van der Waals surface area contributed by atoms with Crippen LogP contribution in [0, 0.1) is 13.8 Å². The predicted molar refractivity (Wildman–Crippen MR) is 80.4 cm³/mol. The van der Waals surface area contributed by atoms with E-state index < -0.39 is 0 Å². The van der Waals surface area contributed by atoms with E-state index in [9.17, 15) is 0 Å². The number of nitrogens with zero attached hydrogens (tertiary/aromatic N) is 4. The summed E-state index contributed by atoms with van der Waals surface area (Å²) in [5.74, 6) is 1.04. The highest BCUT2D eigenvalue weighted by Gasteiger charge is 2.11. The quantitative estimate of drug-likeness (QED) is 0.723. The van der Waals surface area contributed by atoms with E-state index in [-0.39, 0.29) is 0 Å². The van der Waals surface area contributed by atoms with Gasteiger partial charge < -0.3 is 4.74 Å². The molecule has 0 amide bonds. The van der Waals surface area contributed by atoms with Gasteiger partial charge in [-0.15, -0.1) is 0 Å². The molecular formula is C14H13BrN4O. The summed E-state index contributed by atoms with van der Waals surface area (Å²) in [6.45, 7) is 4.15. The van der Waals surface area contributed by atoms with Gasteiger partial charge in [0.15, 0.2) is 0 Å². The minimum Gasteiger partial charge on any atom is -0.480 e. The second-order valence-electron chi connectivity index (χ2n) is 4.57. The van der Waals surface area contributed by atoms with Crippen LogP contribution in [-0.2, 0) is 0 Å². The lowest BCUT2D eigenvalue weighted by molar-refractivity contribution is 0.393. The molecule has 2 heterocycles. The topological polar surface area (TPSA) is 52.8 Å². The summed E-state index contributed by atoms with van der Waals surface area (Å²) in [6.07, 6.45) is 3.40. The number of aromatic nitrogens is 4. The molecule has 3 rings (SSSR count). The number of hydrogen-bond donors (Lipinski definition) is 0. The number of rotatable bonds is 2. The number of ether oxygens (including phenoxy) is 1. The van der Waals surface area contributed by atoms with Gasteiger partial charge in [-0.2, -0.15) is 4.98 Å². The normalized spacial score (nSPS) is 11.0. The first kappa shape index (κ1) is 13.1. The maximum Gasteiger partial charge on any atom is 0.238 e. The van der Waals surface area contributed by atoms with Crippen molar-refractivity contribution < 1.29 is 4.74 Å². The standard InChI is InChI=1S/C14H13BrN4O/c1-8-4-11-12(5-9(8)2)19(7-17-11)14-16-6-10(15)13(18-14)20-3/h4-7H,1-3H3. The second-order valence-corrected chi connectivity index (χ2v) is 5.42. The van der Waals surface area contributed by atoms with Gasteiger partial charge in [0.2, 0.25) is 11.8 Å². The summed E-state index contributed by atoms with van der Waals surface area (Å²) in [5, 5.41) is 0. The zero-order valence-electron chi connectivity index (χ0n) is 11.4. The Morgan fingerprint density at radius 2 is 1.90 bits per heavy atom. The lowest BCUT2D eigenvalue weighted by Crippen LogP contribution is -2.02. The van der Waals surface area contributed by atoms with Gasteiger partial charge in [-0.25, -0.2) is 9.97 Å². The molecular weight excluding hydrogens is 320 g/mol. The van der Waals surface area contributed by atoms with Crippen LogP contribution in [0.25, 0.3) is 17.0 Å². The van der Waals surface area contributed by atoms with Crippen molar-refractivity contribution in [3.8, 4) is 11.8 Å². The Kier molecular flexibility index (Phi) is 3.17. The zero-order valence-corrected chi connectivity index (χ0v) is 13.0. The van der Waals surface area contributed by atoms with Crippen LogP contribution in [0.4, 0.5) is 0 Å². The molecule has 0 saturated carbocycles. The summed E-state index contributed by atoms with van der Waals surface area (Å²) in [4.78, 5) is 13.1. The number of imidazole rings is 1. The summed E-state index contributed by atoms with van der Waals surface area (Å²) in [5.41, 5.74) is 4.34. The number of hydrogen-bond acceptors (Lipinski definition) is 4. The van der Waals surface area contributed by atoms with E-state index >= 15 is 0 Å². The molecule has 6 heteroatoms. The molecule has 0 bridgehead atoms. The number of methoxy groups -OCH3 is 1. The van der Waals surface area contributed by atoms with Gasteiger partial charge in [-0.3, -0.25) is 4.57 Å². The molecule has 1 aromatic carbocycles. The van der Waals surface area contributed by atoms with Crippen molar-refractivity contribution in [3.63, 3.8) is 0 Å². The second kappa shape index (κ2) is 4.86. The van der Waals surface area contributed by atoms with E-state index in [4.69, 9.17) is 4.74 Å². The number of aryl methyl sites for hydroxylation is 2. The van der Waals surface area contributed by atoms with E-state index in [1.54, 1.807) is 19.6 Å². The van der Waals surface area contributed by atoms with Gasteiger partial charge in [0, 0.05) is 0 Å². The lowest BCUT2D eigenvalue weighted by atomic mass is 10.1. The van der Waals surface area contributed by atoms with Crippen LogP contribution in [0.1, 0.15) is 11.1 Å². The third-order valence-electron chi connectivity index (χ3n) is 3.27. The van der Waals surface area contributed by atoms with Crippen LogP contribution in [0.15, 0.2) is 29.1 Å². The number of benzene rings is 1. The van der Waals surface area contributed by atoms with Crippen LogP contribution in [-0.4, -0.2) is 26.6 Å². The zero-order chi connectivity index (χ0) is 14.3. The van der Waals surface area contributed by atoms with Gasteiger partial charge in [-0.1, -0.05) is 0 Å². The molecule has 0 radical (unpaired) electrons. The molecule has 2 aromatic heterocycles. The van der Waals surface area contributed by atoms with Crippen LogP contribution in [0.2, 0.25) is 0 Å². The van der Waals surface area contributed by atoms with Crippen molar-refractivity contribution in [2.45, 2.75) is 13.8 Å². The van der Waals surface area contributed by atoms with Crippen molar-refractivity contribution in [1.82, 2.24) is 19.5 Å². The van der Waals surface area contributed by atoms with Crippen molar-refractivity contribution in [2.75, 3.05) is 7.11 Å². The fourth-order valence-electron chi connectivity index (χ4n) is 2.03. The van der Waals surface area contributed by atoms with Gasteiger partial charge in [0.25, 0.3) is 0 Å². The maximum absolute atomic E-state index is 5.21. The molecule has 0 aliphatic heterocycles. The highest BCUT2D eigenvalue weighted by Crippen LogP contribution is 2.24. The van der Waals surface area contributed by atoms with Crippen molar-refractivity contribution >= 4 is 27.0 Å². The van der Waals surface area contributed by atoms with Gasteiger partial charge >= 0.3 is 0 Å². The van der Waals surface area contributed by atoms with Crippen LogP contribution in [0.3, 0.4) is 0 Å². The third kappa shape index (κ3) is 2.06. The Balaban J connectivity index is 2.22. The summed E-state index contributed by atoms with van der Waals surface area (Å²) in [7, 11) is 1.58. The van der Waals surface area contributed by atoms with Crippen molar-refractivity contribution in [1.29, 1.82) is 0 Å². The highest BCUT2D eigenvalue weighted by atomic mass is 79.9. The van der Waals surface area contributed by atoms with E-state index in [0.29, 0.717) is 11.8 Å². The molecule has 0 N–H and O–H groups in total. The third-order valence-corrected chi connectivity index (χ3v) is 3.81. The summed E-state index contributed by atoms with van der Waals surface area (Å²) >= 11 is 3.35. The molecule has 102 valence electrons. The van der Waals surface area contributed by atoms with Crippen LogP contribution < -0.4 is 4.74 Å². The molecule has 0 atom stereocenters. The fraction of sp³-hybridized carbons (Fsp3) is 0.214. The first-order chi connectivity index (χ1) is 9.60. The number of fused-ring (bicyclic) bond motifs is 1. The SMILES string of the molecule is COc1nc(-n2cnc3cc(C)c(C)cc32)ncc1Br.